The van der Waals surface area contributed by atoms with Crippen molar-refractivity contribution in [2.45, 2.75) is 75.4 Å². The lowest BCUT2D eigenvalue weighted by Gasteiger charge is -2.35. The number of hydrogen-bond donors (Lipinski definition) is 2. The maximum atomic E-state index is 11.2. The monoisotopic (exact) mass is 366 g/mol. The summed E-state index contributed by atoms with van der Waals surface area (Å²) in [6.45, 7) is 0. The maximum Gasteiger partial charge on any atom is 0.133 e. The predicted octanol–water partition coefficient (Wildman–Crippen LogP) is 5.78. The molecule has 2 aromatic carbocycles. The smallest absolute Gasteiger partial charge is 0.133 e. The van der Waals surface area contributed by atoms with Gasteiger partial charge in [0.05, 0.1) is 11.2 Å². The van der Waals surface area contributed by atoms with Gasteiger partial charge in [-0.05, 0) is 37.8 Å². The Morgan fingerprint density at radius 3 is 1.33 bits per heavy atom. The van der Waals surface area contributed by atoms with E-state index in [0.29, 0.717) is 11.5 Å². The summed E-state index contributed by atoms with van der Waals surface area (Å²) in [7, 11) is 0. The first kappa shape index (κ1) is 18.5. The summed E-state index contributed by atoms with van der Waals surface area (Å²) in [5, 5.41) is 22.5. The summed E-state index contributed by atoms with van der Waals surface area (Å²) in [6, 6.07) is 15.7. The molecule has 2 aromatic rings. The number of para-hydroxylation sites is 2. The highest BCUT2D eigenvalue weighted by atomic mass is 16.5. The second kappa shape index (κ2) is 7.65. The second-order valence-electron chi connectivity index (χ2n) is 8.28. The van der Waals surface area contributed by atoms with Crippen LogP contribution in [0, 0.1) is 0 Å². The van der Waals surface area contributed by atoms with E-state index in [0.717, 1.165) is 62.5 Å². The van der Waals surface area contributed by atoms with E-state index in [9.17, 15) is 10.2 Å². The molecule has 0 saturated heterocycles. The Balaban J connectivity index is 1.68. The van der Waals surface area contributed by atoms with Crippen molar-refractivity contribution < 1.29 is 14.9 Å². The van der Waals surface area contributed by atoms with Crippen molar-refractivity contribution in [3.8, 4) is 11.5 Å². The van der Waals surface area contributed by atoms with Crippen molar-refractivity contribution in [2.24, 2.45) is 0 Å². The highest BCUT2D eigenvalue weighted by Gasteiger charge is 2.36. The molecule has 0 radical (unpaired) electrons. The zero-order valence-corrected chi connectivity index (χ0v) is 16.0. The highest BCUT2D eigenvalue weighted by molar-refractivity contribution is 5.45. The van der Waals surface area contributed by atoms with Crippen LogP contribution in [0.25, 0.3) is 0 Å². The molecule has 2 saturated carbocycles. The van der Waals surface area contributed by atoms with Gasteiger partial charge in [-0.3, -0.25) is 0 Å². The predicted molar refractivity (Wildman–Crippen MR) is 107 cm³/mol. The minimum Gasteiger partial charge on any atom is -0.457 e. The second-order valence-corrected chi connectivity index (χ2v) is 8.28. The van der Waals surface area contributed by atoms with Gasteiger partial charge in [-0.2, -0.15) is 0 Å². The molecule has 2 N–H and O–H groups in total. The topological polar surface area (TPSA) is 49.7 Å². The van der Waals surface area contributed by atoms with Crippen LogP contribution in [0.3, 0.4) is 0 Å². The summed E-state index contributed by atoms with van der Waals surface area (Å²) in [6.07, 6.45) is 9.64. The van der Waals surface area contributed by atoms with Crippen molar-refractivity contribution in [1.82, 2.24) is 0 Å². The molecule has 144 valence electrons. The molecule has 0 bridgehead atoms. The fraction of sp³-hybridized carbons (Fsp3) is 0.500. The van der Waals surface area contributed by atoms with Gasteiger partial charge in [0, 0.05) is 11.1 Å². The van der Waals surface area contributed by atoms with Crippen molar-refractivity contribution in [3.63, 3.8) is 0 Å². The third kappa shape index (κ3) is 3.76. The molecule has 0 atom stereocenters. The lowest BCUT2D eigenvalue weighted by atomic mass is 9.79. The Morgan fingerprint density at radius 1 is 0.556 bits per heavy atom. The zero-order chi connectivity index (χ0) is 18.7. The Morgan fingerprint density at radius 2 is 0.926 bits per heavy atom. The Kier molecular flexibility index (Phi) is 5.25. The van der Waals surface area contributed by atoms with E-state index in [2.05, 4.69) is 0 Å². The first-order valence-electron chi connectivity index (χ1n) is 10.4. The first-order valence-corrected chi connectivity index (χ1v) is 10.4. The van der Waals surface area contributed by atoms with Gasteiger partial charge >= 0.3 is 0 Å². The highest BCUT2D eigenvalue weighted by Crippen LogP contribution is 2.45. The zero-order valence-electron chi connectivity index (χ0n) is 16.0. The van der Waals surface area contributed by atoms with Gasteiger partial charge < -0.3 is 14.9 Å². The number of aliphatic hydroxyl groups is 2. The Hall–Kier alpha value is -1.84. The fourth-order valence-corrected chi connectivity index (χ4v) is 4.81. The first-order chi connectivity index (χ1) is 13.1. The largest absolute Gasteiger partial charge is 0.457 e. The average molecular weight is 367 g/mol. The van der Waals surface area contributed by atoms with Gasteiger partial charge in [0.1, 0.15) is 11.5 Å². The van der Waals surface area contributed by atoms with Crippen LogP contribution in [0.15, 0.2) is 48.5 Å². The van der Waals surface area contributed by atoms with Gasteiger partial charge in [-0.25, -0.2) is 0 Å². The molecule has 27 heavy (non-hydrogen) atoms. The van der Waals surface area contributed by atoms with Crippen LogP contribution < -0.4 is 4.74 Å². The van der Waals surface area contributed by atoms with E-state index in [1.165, 1.54) is 12.8 Å². The molecule has 2 fully saturated rings. The third-order valence-electron chi connectivity index (χ3n) is 6.36. The fourth-order valence-electron chi connectivity index (χ4n) is 4.81. The minimum atomic E-state index is -0.814. The van der Waals surface area contributed by atoms with Gasteiger partial charge in [-0.1, -0.05) is 74.9 Å². The van der Waals surface area contributed by atoms with E-state index in [1.807, 2.05) is 48.5 Å². The van der Waals surface area contributed by atoms with Gasteiger partial charge in [0.15, 0.2) is 0 Å². The molecule has 0 amide bonds. The molecule has 0 spiro atoms. The third-order valence-corrected chi connectivity index (χ3v) is 6.36. The molecule has 4 rings (SSSR count). The van der Waals surface area contributed by atoms with E-state index in [1.54, 1.807) is 0 Å². The van der Waals surface area contributed by atoms with Crippen LogP contribution in [-0.2, 0) is 11.2 Å². The maximum absolute atomic E-state index is 11.2. The number of ether oxygens (including phenoxy) is 1. The lowest BCUT2D eigenvalue weighted by molar-refractivity contribution is -0.00435. The molecule has 0 aromatic heterocycles. The van der Waals surface area contributed by atoms with Gasteiger partial charge in [-0.15, -0.1) is 0 Å². The van der Waals surface area contributed by atoms with Crippen LogP contribution in [0.4, 0.5) is 0 Å². The average Bonchev–Trinajstić information content (AvgIpc) is 2.70. The quantitative estimate of drug-likeness (QED) is 0.721. The molecule has 2 aliphatic rings. The van der Waals surface area contributed by atoms with Crippen LogP contribution in [0.5, 0.6) is 11.5 Å². The molecule has 3 heteroatoms. The SMILES string of the molecule is OC1(c2ccccc2Oc2ccccc2C2(O)CCCCC2)CCCCC1. The number of rotatable bonds is 4. The van der Waals surface area contributed by atoms with Crippen LogP contribution in [-0.4, -0.2) is 10.2 Å². The van der Waals surface area contributed by atoms with Gasteiger partial charge in [0.2, 0.25) is 0 Å². The minimum absolute atomic E-state index is 0.703. The van der Waals surface area contributed by atoms with Crippen LogP contribution >= 0.6 is 0 Å². The van der Waals surface area contributed by atoms with Crippen molar-refractivity contribution in [2.75, 3.05) is 0 Å². The van der Waals surface area contributed by atoms with Crippen molar-refractivity contribution >= 4 is 0 Å². The molecule has 2 aliphatic carbocycles. The Bertz CT molecular complexity index is 705. The summed E-state index contributed by atoms with van der Waals surface area (Å²) in [4.78, 5) is 0. The molecule has 0 heterocycles. The number of benzene rings is 2. The standard InChI is InChI=1S/C24H30O3/c25-23(15-7-1-8-16-23)19-11-3-5-13-21(19)27-22-14-6-4-12-20(22)24(26)17-9-2-10-18-24/h3-6,11-14,25-26H,1-2,7-10,15-18H2. The van der Waals surface area contributed by atoms with Gasteiger partial charge in [0.25, 0.3) is 0 Å². The summed E-state index contributed by atoms with van der Waals surface area (Å²) in [5.41, 5.74) is 0.113. The Labute approximate surface area is 162 Å². The molecular weight excluding hydrogens is 336 g/mol. The number of hydrogen-bond acceptors (Lipinski definition) is 3. The van der Waals surface area contributed by atoms with E-state index in [-0.39, 0.29) is 0 Å². The summed E-state index contributed by atoms with van der Waals surface area (Å²) in [5.74, 6) is 1.41. The lowest BCUT2D eigenvalue weighted by Crippen LogP contribution is -2.30. The van der Waals surface area contributed by atoms with Crippen LogP contribution in [0.2, 0.25) is 0 Å². The van der Waals surface area contributed by atoms with E-state index < -0.39 is 11.2 Å². The normalized spacial score (nSPS) is 21.6. The summed E-state index contributed by atoms with van der Waals surface area (Å²) >= 11 is 0. The van der Waals surface area contributed by atoms with Crippen molar-refractivity contribution in [3.05, 3.63) is 59.7 Å². The molecule has 0 aliphatic heterocycles. The van der Waals surface area contributed by atoms with E-state index >= 15 is 0 Å². The van der Waals surface area contributed by atoms with Crippen molar-refractivity contribution in [1.29, 1.82) is 0 Å². The molecular formula is C24H30O3. The van der Waals surface area contributed by atoms with Crippen LogP contribution in [0.1, 0.15) is 75.3 Å². The summed E-state index contributed by atoms with van der Waals surface area (Å²) < 4.78 is 6.36. The van der Waals surface area contributed by atoms with E-state index in [4.69, 9.17) is 4.74 Å². The molecule has 0 unspecified atom stereocenters. The molecule has 3 nitrogen and oxygen atoms in total.